The zero-order chi connectivity index (χ0) is 23.2. The van der Waals surface area contributed by atoms with Gasteiger partial charge in [0, 0.05) is 16.3 Å². The van der Waals surface area contributed by atoms with Crippen LogP contribution in [0.3, 0.4) is 0 Å². The third-order valence-electron chi connectivity index (χ3n) is 5.56. The molecule has 32 heavy (non-hydrogen) atoms. The Morgan fingerprint density at radius 2 is 1.56 bits per heavy atom. The highest BCUT2D eigenvalue weighted by molar-refractivity contribution is 6.39. The van der Waals surface area contributed by atoms with Gasteiger partial charge in [-0.3, -0.25) is 14.9 Å². The minimum Gasteiger partial charge on any atom is -0.273 e. The summed E-state index contributed by atoms with van der Waals surface area (Å²) in [6.07, 6.45) is 1.49. The topological polar surface area (TPSA) is 84.3 Å². The summed E-state index contributed by atoms with van der Waals surface area (Å²) in [5.74, 6) is -1.46. The Morgan fingerprint density at radius 3 is 2.22 bits per heavy atom. The lowest BCUT2D eigenvalue weighted by Gasteiger charge is -2.26. The molecule has 0 aliphatic carbocycles. The minimum absolute atomic E-state index is 0.148. The first-order valence-corrected chi connectivity index (χ1v) is 10.4. The fraction of sp³-hybridized carbons (Fsp3) is 0.167. The number of urea groups is 1. The Kier molecular flexibility index (Phi) is 5.44. The summed E-state index contributed by atoms with van der Waals surface area (Å²) in [6.45, 7) is 7.75. The number of barbiturate groups is 1. The maximum absolute atomic E-state index is 13.1. The van der Waals surface area contributed by atoms with Gasteiger partial charge < -0.3 is 0 Å². The molecule has 1 aliphatic rings. The zero-order valence-corrected chi connectivity index (χ0v) is 18.8. The number of aromatic nitrogens is 2. The van der Waals surface area contributed by atoms with Crippen LogP contribution in [0.25, 0.3) is 11.8 Å². The van der Waals surface area contributed by atoms with E-state index in [2.05, 4.69) is 10.4 Å². The van der Waals surface area contributed by atoms with Crippen molar-refractivity contribution < 1.29 is 14.4 Å². The second-order valence-electron chi connectivity index (χ2n) is 7.70. The number of benzene rings is 2. The summed E-state index contributed by atoms with van der Waals surface area (Å²) in [5.41, 5.74) is 5.43. The van der Waals surface area contributed by atoms with Gasteiger partial charge in [0.1, 0.15) is 5.57 Å². The van der Waals surface area contributed by atoms with Crippen LogP contribution in [0.1, 0.15) is 28.1 Å². The van der Waals surface area contributed by atoms with Crippen molar-refractivity contribution in [2.45, 2.75) is 27.7 Å². The monoisotopic (exact) mass is 448 g/mol. The number of rotatable bonds is 3. The molecular formula is C24H21ClN4O3. The van der Waals surface area contributed by atoms with E-state index in [1.165, 1.54) is 11.6 Å². The molecule has 3 aromatic rings. The molecule has 8 heteroatoms. The number of amides is 4. The smallest absolute Gasteiger partial charge is 0.273 e. The van der Waals surface area contributed by atoms with Crippen LogP contribution in [0.5, 0.6) is 0 Å². The van der Waals surface area contributed by atoms with Crippen molar-refractivity contribution in [1.29, 1.82) is 0 Å². The maximum atomic E-state index is 13.1. The van der Waals surface area contributed by atoms with Crippen LogP contribution in [-0.4, -0.2) is 27.6 Å². The SMILES string of the molecule is Cc1ccc(-n2nc(C)c(/C=C3/C(=O)NC(=O)N(c4ccc(Cl)cc4)C3=O)c2C)cc1C. The fourth-order valence-electron chi connectivity index (χ4n) is 3.60. The fourth-order valence-corrected chi connectivity index (χ4v) is 3.72. The van der Waals surface area contributed by atoms with Gasteiger partial charge in [0.25, 0.3) is 11.8 Å². The highest BCUT2D eigenvalue weighted by Crippen LogP contribution is 2.26. The number of hydrogen-bond acceptors (Lipinski definition) is 4. The first kappa shape index (κ1) is 21.5. The van der Waals surface area contributed by atoms with Gasteiger partial charge in [-0.2, -0.15) is 5.10 Å². The number of hydrogen-bond donors (Lipinski definition) is 1. The van der Waals surface area contributed by atoms with E-state index in [1.807, 2.05) is 45.9 Å². The van der Waals surface area contributed by atoms with Crippen molar-refractivity contribution in [1.82, 2.24) is 15.1 Å². The van der Waals surface area contributed by atoms with Gasteiger partial charge in [-0.25, -0.2) is 14.4 Å². The summed E-state index contributed by atoms with van der Waals surface area (Å²) in [6, 6.07) is 11.4. The van der Waals surface area contributed by atoms with Crippen LogP contribution in [0.4, 0.5) is 10.5 Å². The molecule has 1 fully saturated rings. The number of aryl methyl sites for hydroxylation is 3. The van der Waals surface area contributed by atoms with Crippen LogP contribution in [0, 0.1) is 27.7 Å². The highest BCUT2D eigenvalue weighted by atomic mass is 35.5. The van der Waals surface area contributed by atoms with E-state index in [-0.39, 0.29) is 5.57 Å². The predicted molar refractivity (Wildman–Crippen MR) is 123 cm³/mol. The highest BCUT2D eigenvalue weighted by Gasteiger charge is 2.37. The van der Waals surface area contributed by atoms with Crippen LogP contribution in [0.15, 0.2) is 48.0 Å². The molecule has 4 rings (SSSR count). The summed E-state index contributed by atoms with van der Waals surface area (Å²) in [5, 5.41) is 7.30. The standard InChI is InChI=1S/C24H21ClN4O3/c1-13-5-8-19(11-14(13)2)29-16(4)20(15(3)27-29)12-21-22(30)26-24(32)28(23(21)31)18-9-6-17(25)7-10-18/h5-12H,1-4H3,(H,26,30,32)/b21-12-. The van der Waals surface area contributed by atoms with E-state index in [0.29, 0.717) is 22.0 Å². The van der Waals surface area contributed by atoms with Gasteiger partial charge >= 0.3 is 6.03 Å². The summed E-state index contributed by atoms with van der Waals surface area (Å²) in [7, 11) is 0. The quantitative estimate of drug-likeness (QED) is 0.474. The van der Waals surface area contributed by atoms with E-state index in [4.69, 9.17) is 11.6 Å². The molecule has 0 atom stereocenters. The summed E-state index contributed by atoms with van der Waals surface area (Å²) < 4.78 is 1.78. The molecule has 4 amide bonds. The molecule has 7 nitrogen and oxygen atoms in total. The van der Waals surface area contributed by atoms with E-state index < -0.39 is 17.8 Å². The molecular weight excluding hydrogens is 428 g/mol. The molecule has 1 aliphatic heterocycles. The molecule has 1 saturated heterocycles. The van der Waals surface area contributed by atoms with Gasteiger partial charge in [-0.1, -0.05) is 17.7 Å². The lowest BCUT2D eigenvalue weighted by atomic mass is 10.1. The van der Waals surface area contributed by atoms with Gasteiger partial charge in [0.15, 0.2) is 0 Å². The Balaban J connectivity index is 1.77. The van der Waals surface area contributed by atoms with E-state index in [1.54, 1.807) is 28.9 Å². The molecule has 0 saturated carbocycles. The number of nitrogens with zero attached hydrogens (tertiary/aromatic N) is 3. The van der Waals surface area contributed by atoms with Crippen molar-refractivity contribution in [3.8, 4) is 5.69 Å². The minimum atomic E-state index is -0.807. The van der Waals surface area contributed by atoms with E-state index >= 15 is 0 Å². The Morgan fingerprint density at radius 1 is 0.906 bits per heavy atom. The number of imide groups is 2. The average molecular weight is 449 g/mol. The largest absolute Gasteiger partial charge is 0.335 e. The summed E-state index contributed by atoms with van der Waals surface area (Å²) in [4.78, 5) is 39.0. The first-order valence-electron chi connectivity index (χ1n) is 9.98. The molecule has 0 radical (unpaired) electrons. The van der Waals surface area contributed by atoms with Gasteiger partial charge in [-0.05, 0) is 81.3 Å². The van der Waals surface area contributed by atoms with Crippen molar-refractivity contribution in [3.63, 3.8) is 0 Å². The molecule has 162 valence electrons. The number of halogens is 1. The van der Waals surface area contributed by atoms with Gasteiger partial charge in [-0.15, -0.1) is 0 Å². The van der Waals surface area contributed by atoms with Crippen LogP contribution in [-0.2, 0) is 9.59 Å². The van der Waals surface area contributed by atoms with Crippen molar-refractivity contribution >= 4 is 41.2 Å². The Labute approximate surface area is 190 Å². The van der Waals surface area contributed by atoms with Crippen molar-refractivity contribution in [2.24, 2.45) is 0 Å². The lowest BCUT2D eigenvalue weighted by Crippen LogP contribution is -2.54. The van der Waals surface area contributed by atoms with Crippen LogP contribution in [0.2, 0.25) is 5.02 Å². The number of carbonyl (C=O) groups excluding carboxylic acids is 3. The normalized spacial score (nSPS) is 15.5. The van der Waals surface area contributed by atoms with Crippen LogP contribution >= 0.6 is 11.6 Å². The van der Waals surface area contributed by atoms with Crippen molar-refractivity contribution in [2.75, 3.05) is 4.90 Å². The van der Waals surface area contributed by atoms with Crippen LogP contribution < -0.4 is 10.2 Å². The second kappa shape index (κ2) is 8.09. The lowest BCUT2D eigenvalue weighted by molar-refractivity contribution is -0.122. The number of nitrogens with one attached hydrogen (secondary N) is 1. The van der Waals surface area contributed by atoms with Gasteiger partial charge in [0.2, 0.25) is 0 Å². The van der Waals surface area contributed by atoms with E-state index in [9.17, 15) is 14.4 Å². The molecule has 1 N–H and O–H groups in total. The third-order valence-corrected chi connectivity index (χ3v) is 5.81. The Hall–Kier alpha value is -3.71. The molecule has 2 aromatic carbocycles. The van der Waals surface area contributed by atoms with Crippen molar-refractivity contribution in [3.05, 3.63) is 81.1 Å². The summed E-state index contributed by atoms with van der Waals surface area (Å²) >= 11 is 5.91. The predicted octanol–water partition coefficient (Wildman–Crippen LogP) is 4.43. The van der Waals surface area contributed by atoms with E-state index in [0.717, 1.165) is 21.8 Å². The first-order chi connectivity index (χ1) is 15.2. The molecule has 0 spiro atoms. The number of carbonyl (C=O) groups is 3. The molecule has 0 bridgehead atoms. The Bertz CT molecular complexity index is 1310. The second-order valence-corrected chi connectivity index (χ2v) is 8.14. The average Bonchev–Trinajstić information content (AvgIpc) is 3.02. The maximum Gasteiger partial charge on any atom is 0.335 e. The molecule has 2 heterocycles. The molecule has 1 aromatic heterocycles. The number of anilines is 1. The molecule has 0 unspecified atom stereocenters. The third kappa shape index (κ3) is 3.71. The van der Waals surface area contributed by atoms with Gasteiger partial charge in [0.05, 0.1) is 17.1 Å². The zero-order valence-electron chi connectivity index (χ0n) is 18.1.